The molecule has 132 valence electrons. The Hall–Kier alpha value is -1.56. The number of nitrogens with zero attached hydrogens (tertiary/aromatic N) is 1. The van der Waals surface area contributed by atoms with E-state index in [0.717, 1.165) is 42.6 Å². The molecule has 2 aliphatic rings. The molecule has 0 aromatic heterocycles. The lowest BCUT2D eigenvalue weighted by Gasteiger charge is -2.30. The molecule has 1 amide bonds. The minimum atomic E-state index is -3.24. The molecule has 5 nitrogen and oxygen atoms in total. The van der Waals surface area contributed by atoms with Gasteiger partial charge in [0.15, 0.2) is 0 Å². The number of nitrogens with one attached hydrogen (secondary N) is 1. The standard InChI is InChI=1S/C18H26N2O3S/c1-2-24(22,23)20-11-5-8-15-13-16(9-10-17(15)20)19-18(21)12-14-6-3-4-7-14/h9-10,13-14H,2-8,11-12H2,1H3,(H,19,21). The van der Waals surface area contributed by atoms with E-state index in [9.17, 15) is 13.2 Å². The molecule has 1 saturated carbocycles. The maximum absolute atomic E-state index is 12.2. The van der Waals surface area contributed by atoms with Gasteiger partial charge >= 0.3 is 0 Å². The Bertz CT molecular complexity index is 709. The van der Waals surface area contributed by atoms with Crippen LogP contribution in [0.3, 0.4) is 0 Å². The first-order valence-electron chi connectivity index (χ1n) is 8.93. The van der Waals surface area contributed by atoms with Crippen LogP contribution in [0.4, 0.5) is 11.4 Å². The van der Waals surface area contributed by atoms with Crippen molar-refractivity contribution in [2.75, 3.05) is 21.9 Å². The Morgan fingerprint density at radius 3 is 2.71 bits per heavy atom. The molecule has 1 heterocycles. The number of hydrogen-bond donors (Lipinski definition) is 1. The Balaban J connectivity index is 1.72. The Morgan fingerprint density at radius 1 is 1.25 bits per heavy atom. The normalized spacial score (nSPS) is 18.5. The van der Waals surface area contributed by atoms with Gasteiger partial charge < -0.3 is 5.32 Å². The minimum Gasteiger partial charge on any atom is -0.326 e. The zero-order chi connectivity index (χ0) is 17.2. The number of sulfonamides is 1. The predicted octanol–water partition coefficient (Wildman–Crippen LogP) is 3.31. The highest BCUT2D eigenvalue weighted by Gasteiger charge is 2.26. The zero-order valence-electron chi connectivity index (χ0n) is 14.3. The lowest BCUT2D eigenvalue weighted by molar-refractivity contribution is -0.117. The fourth-order valence-corrected chi connectivity index (χ4v) is 4.97. The van der Waals surface area contributed by atoms with Gasteiger partial charge in [0.05, 0.1) is 11.4 Å². The van der Waals surface area contributed by atoms with Crippen LogP contribution in [0.15, 0.2) is 18.2 Å². The van der Waals surface area contributed by atoms with Crippen molar-refractivity contribution in [3.05, 3.63) is 23.8 Å². The quantitative estimate of drug-likeness (QED) is 0.886. The molecule has 0 bridgehead atoms. The van der Waals surface area contributed by atoms with Crippen molar-refractivity contribution in [3.63, 3.8) is 0 Å². The first kappa shape index (κ1) is 17.3. The van der Waals surface area contributed by atoms with Gasteiger partial charge in [0, 0.05) is 18.7 Å². The molecule has 1 aliphatic carbocycles. The average molecular weight is 350 g/mol. The molecule has 1 aromatic carbocycles. The molecule has 0 radical (unpaired) electrons. The molecular weight excluding hydrogens is 324 g/mol. The third-order valence-electron chi connectivity index (χ3n) is 5.09. The van der Waals surface area contributed by atoms with Crippen LogP contribution < -0.4 is 9.62 Å². The molecule has 1 aliphatic heterocycles. The molecule has 0 spiro atoms. The largest absolute Gasteiger partial charge is 0.326 e. The number of carbonyl (C=O) groups excluding carboxylic acids is 1. The maximum Gasteiger partial charge on any atom is 0.234 e. The van der Waals surface area contributed by atoms with Crippen molar-refractivity contribution in [1.82, 2.24) is 0 Å². The summed E-state index contributed by atoms with van der Waals surface area (Å²) in [7, 11) is -3.24. The summed E-state index contributed by atoms with van der Waals surface area (Å²) in [4.78, 5) is 12.2. The Kier molecular flexibility index (Phi) is 5.13. The summed E-state index contributed by atoms with van der Waals surface area (Å²) < 4.78 is 26.0. The Morgan fingerprint density at radius 2 is 2.00 bits per heavy atom. The van der Waals surface area contributed by atoms with Gasteiger partial charge in [0.1, 0.15) is 0 Å². The number of amides is 1. The van der Waals surface area contributed by atoms with Crippen LogP contribution in [0.25, 0.3) is 0 Å². The van der Waals surface area contributed by atoms with Crippen LogP contribution in [-0.4, -0.2) is 26.6 Å². The van der Waals surface area contributed by atoms with E-state index in [1.54, 1.807) is 6.92 Å². The van der Waals surface area contributed by atoms with Gasteiger partial charge in [0.25, 0.3) is 0 Å². The van der Waals surface area contributed by atoms with E-state index in [2.05, 4.69) is 5.32 Å². The predicted molar refractivity (Wildman–Crippen MR) is 96.8 cm³/mol. The van der Waals surface area contributed by atoms with Gasteiger partial charge in [-0.1, -0.05) is 12.8 Å². The topological polar surface area (TPSA) is 66.5 Å². The average Bonchev–Trinajstić information content (AvgIpc) is 3.06. The van der Waals surface area contributed by atoms with E-state index in [-0.39, 0.29) is 11.7 Å². The molecular formula is C18H26N2O3S. The summed E-state index contributed by atoms with van der Waals surface area (Å²) in [6.45, 7) is 2.21. The van der Waals surface area contributed by atoms with Crippen LogP contribution in [0.5, 0.6) is 0 Å². The van der Waals surface area contributed by atoms with Gasteiger partial charge in [-0.25, -0.2) is 8.42 Å². The van der Waals surface area contributed by atoms with Crippen molar-refractivity contribution in [2.24, 2.45) is 5.92 Å². The minimum absolute atomic E-state index is 0.0655. The van der Waals surface area contributed by atoms with Gasteiger partial charge in [-0.2, -0.15) is 0 Å². The number of aryl methyl sites for hydroxylation is 1. The first-order valence-corrected chi connectivity index (χ1v) is 10.5. The molecule has 1 fully saturated rings. The second-order valence-electron chi connectivity index (χ2n) is 6.82. The summed E-state index contributed by atoms with van der Waals surface area (Å²) in [6.07, 6.45) is 7.02. The van der Waals surface area contributed by atoms with Gasteiger partial charge in [0.2, 0.25) is 15.9 Å². The number of hydrogen-bond acceptors (Lipinski definition) is 3. The van der Waals surface area contributed by atoms with Crippen LogP contribution >= 0.6 is 0 Å². The van der Waals surface area contributed by atoms with Gasteiger partial charge in [-0.05, 0) is 62.3 Å². The fraction of sp³-hybridized carbons (Fsp3) is 0.611. The summed E-state index contributed by atoms with van der Waals surface area (Å²) in [5.41, 5.74) is 2.53. The smallest absolute Gasteiger partial charge is 0.234 e. The first-order chi connectivity index (χ1) is 11.5. The summed E-state index contributed by atoms with van der Waals surface area (Å²) in [6, 6.07) is 5.57. The van der Waals surface area contributed by atoms with E-state index in [1.165, 1.54) is 17.1 Å². The van der Waals surface area contributed by atoms with Crippen molar-refractivity contribution >= 4 is 27.3 Å². The van der Waals surface area contributed by atoms with E-state index < -0.39 is 10.0 Å². The van der Waals surface area contributed by atoms with Crippen LogP contribution in [0.1, 0.15) is 51.0 Å². The summed E-state index contributed by atoms with van der Waals surface area (Å²) >= 11 is 0. The second-order valence-corrected chi connectivity index (χ2v) is 9.00. The number of benzene rings is 1. The van der Waals surface area contributed by atoms with Crippen molar-refractivity contribution in [1.29, 1.82) is 0 Å². The third kappa shape index (κ3) is 3.74. The number of carbonyl (C=O) groups is 1. The molecule has 0 unspecified atom stereocenters. The van der Waals surface area contributed by atoms with E-state index in [1.807, 2.05) is 18.2 Å². The van der Waals surface area contributed by atoms with Crippen LogP contribution in [-0.2, 0) is 21.2 Å². The highest BCUT2D eigenvalue weighted by molar-refractivity contribution is 7.92. The summed E-state index contributed by atoms with van der Waals surface area (Å²) in [5.74, 6) is 0.690. The van der Waals surface area contributed by atoms with E-state index in [0.29, 0.717) is 18.9 Å². The third-order valence-corrected chi connectivity index (χ3v) is 6.87. The zero-order valence-corrected chi connectivity index (χ0v) is 15.1. The molecule has 1 N–H and O–H groups in total. The lowest BCUT2D eigenvalue weighted by atomic mass is 10.0. The monoisotopic (exact) mass is 350 g/mol. The highest BCUT2D eigenvalue weighted by atomic mass is 32.2. The molecule has 3 rings (SSSR count). The second kappa shape index (κ2) is 7.13. The van der Waals surface area contributed by atoms with Crippen molar-refractivity contribution in [2.45, 2.75) is 51.9 Å². The molecule has 0 atom stereocenters. The lowest BCUT2D eigenvalue weighted by Crippen LogP contribution is -2.36. The number of rotatable bonds is 5. The van der Waals surface area contributed by atoms with Crippen molar-refractivity contribution in [3.8, 4) is 0 Å². The molecule has 0 saturated heterocycles. The molecule has 1 aromatic rings. The van der Waals surface area contributed by atoms with Crippen molar-refractivity contribution < 1.29 is 13.2 Å². The fourth-order valence-electron chi connectivity index (χ4n) is 3.77. The SMILES string of the molecule is CCS(=O)(=O)N1CCCc2cc(NC(=O)CC3CCCC3)ccc21. The Labute approximate surface area is 144 Å². The number of fused-ring (bicyclic) bond motifs is 1. The van der Waals surface area contributed by atoms with E-state index in [4.69, 9.17) is 0 Å². The van der Waals surface area contributed by atoms with Crippen LogP contribution in [0, 0.1) is 5.92 Å². The molecule has 24 heavy (non-hydrogen) atoms. The van der Waals surface area contributed by atoms with Crippen LogP contribution in [0.2, 0.25) is 0 Å². The van der Waals surface area contributed by atoms with E-state index >= 15 is 0 Å². The van der Waals surface area contributed by atoms with Gasteiger partial charge in [-0.3, -0.25) is 9.10 Å². The maximum atomic E-state index is 12.2. The molecule has 6 heteroatoms. The summed E-state index contributed by atoms with van der Waals surface area (Å²) in [5, 5.41) is 2.98. The number of anilines is 2. The highest BCUT2D eigenvalue weighted by Crippen LogP contribution is 2.32. The van der Waals surface area contributed by atoms with Gasteiger partial charge in [-0.15, -0.1) is 0 Å².